The highest BCUT2D eigenvalue weighted by Gasteiger charge is 2.17. The fourth-order valence-corrected chi connectivity index (χ4v) is 1.90. The molecular weight excluding hydrogens is 361 g/mol. The molecule has 0 aliphatic rings. The van der Waals surface area contributed by atoms with Gasteiger partial charge < -0.3 is 14.8 Å². The third-order valence-electron chi connectivity index (χ3n) is 2.56. The van der Waals surface area contributed by atoms with Crippen molar-refractivity contribution in [1.82, 2.24) is 16.2 Å². The summed E-state index contributed by atoms with van der Waals surface area (Å²) in [7, 11) is 0. The fourth-order valence-electron chi connectivity index (χ4n) is 1.44. The predicted octanol–water partition coefficient (Wildman–Crippen LogP) is 1.65. The second-order valence-electron chi connectivity index (χ2n) is 4.44. The number of hydrogen-bond donors (Lipinski definition) is 3. The second kappa shape index (κ2) is 9.84. The molecule has 0 aliphatic heterocycles. The first kappa shape index (κ1) is 19.9. The van der Waals surface area contributed by atoms with Crippen molar-refractivity contribution in [3.05, 3.63) is 28.2 Å². The molecule has 1 aromatic rings. The molecule has 0 aromatic heterocycles. The van der Waals surface area contributed by atoms with Crippen LogP contribution in [0.15, 0.2) is 18.2 Å². The third kappa shape index (κ3) is 6.93. The zero-order chi connectivity index (χ0) is 18.1. The summed E-state index contributed by atoms with van der Waals surface area (Å²) in [5.74, 6) is -0.934. The number of amides is 3. The minimum Gasteiger partial charge on any atom is -0.479 e. The lowest BCUT2D eigenvalue weighted by molar-refractivity contribution is -0.141. The van der Waals surface area contributed by atoms with Gasteiger partial charge in [0.2, 0.25) is 0 Å². The first-order valence-electron chi connectivity index (χ1n) is 6.94. The van der Waals surface area contributed by atoms with E-state index in [1.807, 2.05) is 0 Å². The number of urea groups is 1. The Hall–Kier alpha value is -2.19. The third-order valence-corrected chi connectivity index (χ3v) is 3.10. The molecule has 0 spiro atoms. The molecule has 10 heteroatoms. The molecule has 8 nitrogen and oxygen atoms in total. The quantitative estimate of drug-likeness (QED) is 0.516. The van der Waals surface area contributed by atoms with Crippen LogP contribution in [0.4, 0.5) is 4.79 Å². The number of benzene rings is 1. The zero-order valence-electron chi connectivity index (χ0n) is 13.0. The molecule has 1 atom stereocenters. The molecule has 0 aliphatic carbocycles. The molecule has 0 saturated heterocycles. The van der Waals surface area contributed by atoms with Crippen molar-refractivity contribution in [1.29, 1.82) is 0 Å². The summed E-state index contributed by atoms with van der Waals surface area (Å²) in [5.41, 5.74) is 4.22. The molecule has 0 unspecified atom stereocenters. The summed E-state index contributed by atoms with van der Waals surface area (Å²) in [6.45, 7) is 3.01. The van der Waals surface area contributed by atoms with Gasteiger partial charge in [-0.1, -0.05) is 23.2 Å². The van der Waals surface area contributed by atoms with Crippen molar-refractivity contribution in [2.45, 2.75) is 20.0 Å². The van der Waals surface area contributed by atoms with Gasteiger partial charge in [-0.15, -0.1) is 0 Å². The number of hydrazine groups is 1. The van der Waals surface area contributed by atoms with Crippen molar-refractivity contribution < 1.29 is 23.9 Å². The molecule has 3 N–H and O–H groups in total. The van der Waals surface area contributed by atoms with Crippen LogP contribution in [-0.2, 0) is 14.3 Å². The van der Waals surface area contributed by atoms with Crippen LogP contribution in [0.25, 0.3) is 0 Å². The number of ether oxygens (including phenoxy) is 2. The number of hydrogen-bond acceptors (Lipinski definition) is 5. The first-order valence-corrected chi connectivity index (χ1v) is 7.70. The van der Waals surface area contributed by atoms with Crippen LogP contribution < -0.4 is 20.9 Å². The summed E-state index contributed by atoms with van der Waals surface area (Å²) in [4.78, 5) is 34.3. The fraction of sp³-hybridized carbons (Fsp3) is 0.357. The highest BCUT2D eigenvalue weighted by molar-refractivity contribution is 6.35. The maximum Gasteiger partial charge on any atom is 0.333 e. The monoisotopic (exact) mass is 377 g/mol. The Morgan fingerprint density at radius 2 is 1.92 bits per heavy atom. The normalized spacial score (nSPS) is 11.2. The van der Waals surface area contributed by atoms with Crippen molar-refractivity contribution in [2.75, 3.05) is 13.2 Å². The van der Waals surface area contributed by atoms with E-state index in [-0.39, 0.29) is 23.9 Å². The summed E-state index contributed by atoms with van der Waals surface area (Å²) < 4.78 is 10.0. The Morgan fingerprint density at radius 3 is 2.54 bits per heavy atom. The minimum absolute atomic E-state index is 0.209. The van der Waals surface area contributed by atoms with E-state index in [0.29, 0.717) is 5.02 Å². The SMILES string of the molecule is CCOC(=O)CNC(=O)NNC(=O)[C@H](C)Oc1ccc(Cl)cc1Cl. The standard InChI is InChI=1S/C14H17Cl2N3O5/c1-3-23-12(20)7-17-14(22)19-18-13(21)8(2)24-11-5-4-9(15)6-10(11)16/h4-6,8H,3,7H2,1-2H3,(H,18,21)(H2,17,19,22)/t8-/m0/s1. The van der Waals surface area contributed by atoms with Crippen LogP contribution in [0.1, 0.15) is 13.8 Å². The van der Waals surface area contributed by atoms with E-state index in [1.54, 1.807) is 13.0 Å². The van der Waals surface area contributed by atoms with Gasteiger partial charge in [0.15, 0.2) is 6.10 Å². The van der Waals surface area contributed by atoms with E-state index in [2.05, 4.69) is 20.9 Å². The molecule has 0 bridgehead atoms. The minimum atomic E-state index is -0.936. The summed E-state index contributed by atoms with van der Waals surface area (Å²) in [5, 5.41) is 2.90. The van der Waals surface area contributed by atoms with Gasteiger partial charge in [-0.05, 0) is 32.0 Å². The Balaban J connectivity index is 2.38. The lowest BCUT2D eigenvalue weighted by Crippen LogP contribution is -2.51. The van der Waals surface area contributed by atoms with Crippen LogP contribution in [0.5, 0.6) is 5.75 Å². The summed E-state index contributed by atoms with van der Waals surface area (Å²) >= 11 is 11.7. The maximum atomic E-state index is 11.8. The maximum absolute atomic E-state index is 11.8. The van der Waals surface area contributed by atoms with E-state index >= 15 is 0 Å². The Kier molecular flexibility index (Phi) is 8.14. The van der Waals surface area contributed by atoms with E-state index in [4.69, 9.17) is 27.9 Å². The number of nitrogens with one attached hydrogen (secondary N) is 3. The highest BCUT2D eigenvalue weighted by atomic mass is 35.5. The van der Waals surface area contributed by atoms with Crippen molar-refractivity contribution in [2.24, 2.45) is 0 Å². The number of esters is 1. The largest absolute Gasteiger partial charge is 0.479 e. The van der Waals surface area contributed by atoms with Gasteiger partial charge in [0.05, 0.1) is 11.6 Å². The van der Waals surface area contributed by atoms with Gasteiger partial charge in [0.25, 0.3) is 5.91 Å². The van der Waals surface area contributed by atoms with Crippen molar-refractivity contribution in [3.63, 3.8) is 0 Å². The topological polar surface area (TPSA) is 106 Å². The van der Waals surface area contributed by atoms with Crippen LogP contribution >= 0.6 is 23.2 Å². The van der Waals surface area contributed by atoms with E-state index in [1.165, 1.54) is 19.1 Å². The molecule has 0 fully saturated rings. The molecule has 0 saturated carbocycles. The van der Waals surface area contributed by atoms with Crippen LogP contribution in [0, 0.1) is 0 Å². The van der Waals surface area contributed by atoms with E-state index < -0.39 is 24.0 Å². The number of rotatable bonds is 6. The van der Waals surface area contributed by atoms with E-state index in [0.717, 1.165) is 0 Å². The molecule has 1 aromatic carbocycles. The molecule has 132 valence electrons. The van der Waals surface area contributed by atoms with Gasteiger partial charge in [0, 0.05) is 5.02 Å². The molecular formula is C14H17Cl2N3O5. The lowest BCUT2D eigenvalue weighted by atomic mass is 10.3. The Labute approximate surface area is 148 Å². The highest BCUT2D eigenvalue weighted by Crippen LogP contribution is 2.28. The molecule has 24 heavy (non-hydrogen) atoms. The average molecular weight is 378 g/mol. The zero-order valence-corrected chi connectivity index (χ0v) is 14.5. The van der Waals surface area contributed by atoms with Crippen LogP contribution in [0.2, 0.25) is 10.0 Å². The Bertz CT molecular complexity index is 612. The van der Waals surface area contributed by atoms with Crippen LogP contribution in [0.3, 0.4) is 0 Å². The van der Waals surface area contributed by atoms with Crippen LogP contribution in [-0.4, -0.2) is 37.2 Å². The van der Waals surface area contributed by atoms with Gasteiger partial charge >= 0.3 is 12.0 Å². The van der Waals surface area contributed by atoms with Gasteiger partial charge in [-0.25, -0.2) is 10.2 Å². The lowest BCUT2D eigenvalue weighted by Gasteiger charge is -2.16. The number of carbonyl (C=O) groups is 3. The van der Waals surface area contributed by atoms with Crippen molar-refractivity contribution in [3.8, 4) is 5.75 Å². The summed E-state index contributed by atoms with van der Waals surface area (Å²) in [6.07, 6.45) is -0.936. The molecule has 0 radical (unpaired) electrons. The van der Waals surface area contributed by atoms with E-state index in [9.17, 15) is 14.4 Å². The van der Waals surface area contributed by atoms with Gasteiger partial charge in [0.1, 0.15) is 12.3 Å². The first-order chi connectivity index (χ1) is 11.3. The molecule has 0 heterocycles. The smallest absolute Gasteiger partial charge is 0.333 e. The number of carbonyl (C=O) groups excluding carboxylic acids is 3. The van der Waals surface area contributed by atoms with Gasteiger partial charge in [-0.2, -0.15) is 0 Å². The molecule has 3 amide bonds. The summed E-state index contributed by atoms with van der Waals surface area (Å²) in [6, 6.07) is 3.79. The van der Waals surface area contributed by atoms with Gasteiger partial charge in [-0.3, -0.25) is 15.0 Å². The Morgan fingerprint density at radius 1 is 1.21 bits per heavy atom. The second-order valence-corrected chi connectivity index (χ2v) is 5.28. The average Bonchev–Trinajstić information content (AvgIpc) is 2.53. The molecule has 1 rings (SSSR count). The van der Waals surface area contributed by atoms with Crippen molar-refractivity contribution >= 4 is 41.1 Å². The number of halogens is 2. The predicted molar refractivity (Wildman–Crippen MR) is 87.9 cm³/mol.